The van der Waals surface area contributed by atoms with Gasteiger partial charge in [0.2, 0.25) is 0 Å². The summed E-state index contributed by atoms with van der Waals surface area (Å²) in [6.45, 7) is 6.22. The number of esters is 3. The van der Waals surface area contributed by atoms with E-state index in [1.165, 1.54) is 44.9 Å². The topological polar surface area (TPSA) is 78.9 Å². The molecule has 0 aliphatic rings. The molecular weight excluding hydrogens is 745 g/mol. The average Bonchev–Trinajstić information content (AvgIpc) is 3.24. The predicted molar refractivity (Wildman–Crippen MR) is 256 cm³/mol. The molecule has 0 aliphatic heterocycles. The van der Waals surface area contributed by atoms with Gasteiger partial charge in [0.05, 0.1) is 0 Å². The van der Waals surface area contributed by atoms with Crippen LogP contribution in [0.25, 0.3) is 0 Å². The fourth-order valence-corrected chi connectivity index (χ4v) is 5.89. The fourth-order valence-electron chi connectivity index (χ4n) is 5.89. The van der Waals surface area contributed by atoms with E-state index in [0.29, 0.717) is 12.8 Å². The van der Waals surface area contributed by atoms with E-state index in [4.69, 9.17) is 14.2 Å². The van der Waals surface area contributed by atoms with Gasteiger partial charge in [-0.1, -0.05) is 206 Å². The monoisotopic (exact) mass is 829 g/mol. The van der Waals surface area contributed by atoms with Gasteiger partial charge in [-0.2, -0.15) is 0 Å². The van der Waals surface area contributed by atoms with Crippen LogP contribution in [0, 0.1) is 0 Å². The summed E-state index contributed by atoms with van der Waals surface area (Å²) in [6, 6.07) is 0. The maximum atomic E-state index is 12.7. The molecule has 0 heterocycles. The lowest BCUT2D eigenvalue weighted by atomic mass is 10.1. The Kier molecular flexibility index (Phi) is 44.2. The number of hydrogen-bond donors (Lipinski definition) is 0. The first-order valence-corrected chi connectivity index (χ1v) is 23.7. The highest BCUT2D eigenvalue weighted by atomic mass is 16.6. The van der Waals surface area contributed by atoms with Crippen molar-refractivity contribution in [2.24, 2.45) is 0 Å². The molecule has 0 aromatic rings. The van der Waals surface area contributed by atoms with Crippen LogP contribution in [0.2, 0.25) is 0 Å². The van der Waals surface area contributed by atoms with E-state index < -0.39 is 6.10 Å². The Bertz CT molecular complexity index is 1320. The fraction of sp³-hybridized carbons (Fsp3) is 0.574. The van der Waals surface area contributed by atoms with E-state index in [1.807, 2.05) is 79.0 Å². The zero-order chi connectivity index (χ0) is 43.7. The number of ether oxygens (including phenoxy) is 3. The molecule has 0 bridgehead atoms. The third kappa shape index (κ3) is 44.9. The molecule has 0 aromatic carbocycles. The zero-order valence-corrected chi connectivity index (χ0v) is 38.2. The van der Waals surface area contributed by atoms with Gasteiger partial charge in [0.25, 0.3) is 0 Å². The summed E-state index contributed by atoms with van der Waals surface area (Å²) in [4.78, 5) is 37.8. The van der Waals surface area contributed by atoms with Crippen LogP contribution in [0.3, 0.4) is 0 Å². The summed E-state index contributed by atoms with van der Waals surface area (Å²) in [5.74, 6) is -1.05. The van der Waals surface area contributed by atoms with Gasteiger partial charge >= 0.3 is 17.9 Å². The number of allylic oxidation sites excluding steroid dienone is 20. The zero-order valence-electron chi connectivity index (χ0n) is 38.2. The molecule has 0 spiro atoms. The minimum absolute atomic E-state index is 0.123. The Labute approximate surface area is 367 Å². The molecule has 0 radical (unpaired) electrons. The van der Waals surface area contributed by atoms with Crippen LogP contribution in [-0.2, 0) is 28.6 Å². The van der Waals surface area contributed by atoms with Crippen LogP contribution in [-0.4, -0.2) is 37.2 Å². The molecule has 0 saturated carbocycles. The number of rotatable bonds is 40. The van der Waals surface area contributed by atoms with Gasteiger partial charge in [-0.25, -0.2) is 0 Å². The number of carbonyl (C=O) groups is 3. The van der Waals surface area contributed by atoms with Gasteiger partial charge in [0.15, 0.2) is 6.10 Å². The van der Waals surface area contributed by atoms with Crippen molar-refractivity contribution in [3.8, 4) is 0 Å². The highest BCUT2D eigenvalue weighted by Crippen LogP contribution is 2.12. The predicted octanol–water partition coefficient (Wildman–Crippen LogP) is 15.4. The van der Waals surface area contributed by atoms with Gasteiger partial charge in [-0.15, -0.1) is 0 Å². The van der Waals surface area contributed by atoms with Crippen molar-refractivity contribution in [1.29, 1.82) is 0 Å². The van der Waals surface area contributed by atoms with Gasteiger partial charge in [0, 0.05) is 19.3 Å². The first-order chi connectivity index (χ1) is 29.5. The Morgan fingerprint density at radius 1 is 0.350 bits per heavy atom. The van der Waals surface area contributed by atoms with Crippen LogP contribution in [0.1, 0.15) is 181 Å². The van der Waals surface area contributed by atoms with Crippen LogP contribution in [0.5, 0.6) is 0 Å². The maximum absolute atomic E-state index is 12.7. The van der Waals surface area contributed by atoms with Crippen molar-refractivity contribution < 1.29 is 28.6 Å². The van der Waals surface area contributed by atoms with Gasteiger partial charge in [0.1, 0.15) is 13.2 Å². The Morgan fingerprint density at radius 2 is 0.683 bits per heavy atom. The Hall–Kier alpha value is -4.19. The van der Waals surface area contributed by atoms with Crippen LogP contribution in [0.15, 0.2) is 122 Å². The molecule has 1 unspecified atom stereocenters. The van der Waals surface area contributed by atoms with E-state index in [-0.39, 0.29) is 44.0 Å². The van der Waals surface area contributed by atoms with Crippen LogP contribution in [0.4, 0.5) is 0 Å². The highest BCUT2D eigenvalue weighted by Gasteiger charge is 2.19. The van der Waals surface area contributed by atoms with Gasteiger partial charge in [-0.3, -0.25) is 14.4 Å². The Morgan fingerprint density at radius 3 is 1.15 bits per heavy atom. The average molecular weight is 829 g/mol. The minimum atomic E-state index is -0.826. The molecule has 60 heavy (non-hydrogen) atoms. The van der Waals surface area contributed by atoms with Crippen molar-refractivity contribution in [2.75, 3.05) is 13.2 Å². The maximum Gasteiger partial charge on any atom is 0.306 e. The summed E-state index contributed by atoms with van der Waals surface area (Å²) < 4.78 is 16.6. The van der Waals surface area contributed by atoms with E-state index in [9.17, 15) is 14.4 Å². The number of hydrogen-bond acceptors (Lipinski definition) is 6. The molecule has 0 aromatic heterocycles. The molecule has 6 nitrogen and oxygen atoms in total. The lowest BCUT2D eigenvalue weighted by Gasteiger charge is -2.18. The standard InChI is InChI=1S/C54H84O6/c1-4-7-10-13-16-19-22-25-27-30-32-35-38-41-44-47-53(56)59-50-51(49-58-52(55)46-43-40-37-34-31-28-24-21-18-15-12-9-6-3)60-54(57)48-45-42-39-36-33-29-26-23-20-17-14-11-8-5-2/h7,9-10,12-13,15-16,18-19,21-22,24-25,27-29,31,33-34,37,51H,4-6,8,11,14,17,20,23,26,30,32,35-36,38-50H2,1-3H3/b10-7-,12-9-,16-13-,18-15-,22-19-,24-21-,27-25-,31-28-,33-29-,37-34-. The van der Waals surface area contributed by atoms with Crippen LogP contribution < -0.4 is 0 Å². The number of unbranched alkanes of at least 4 members (excludes halogenated alkanes) is 16. The molecule has 0 rings (SSSR count). The van der Waals surface area contributed by atoms with Crippen molar-refractivity contribution in [3.05, 3.63) is 122 Å². The van der Waals surface area contributed by atoms with Gasteiger partial charge < -0.3 is 14.2 Å². The molecule has 0 amide bonds. The summed E-state index contributed by atoms with van der Waals surface area (Å²) in [5.41, 5.74) is 0. The smallest absolute Gasteiger partial charge is 0.306 e. The van der Waals surface area contributed by atoms with Crippen molar-refractivity contribution in [3.63, 3.8) is 0 Å². The molecule has 1 atom stereocenters. The van der Waals surface area contributed by atoms with E-state index >= 15 is 0 Å². The first-order valence-electron chi connectivity index (χ1n) is 23.7. The van der Waals surface area contributed by atoms with Crippen molar-refractivity contribution >= 4 is 17.9 Å². The van der Waals surface area contributed by atoms with Gasteiger partial charge in [-0.05, 0) is 77.0 Å². The van der Waals surface area contributed by atoms with Crippen molar-refractivity contribution in [2.45, 2.75) is 187 Å². The largest absolute Gasteiger partial charge is 0.462 e. The summed E-state index contributed by atoms with van der Waals surface area (Å²) in [5, 5.41) is 0. The third-order valence-electron chi connectivity index (χ3n) is 9.40. The molecule has 336 valence electrons. The number of carbonyl (C=O) groups excluding carboxylic acids is 3. The van der Waals surface area contributed by atoms with Crippen LogP contribution >= 0.6 is 0 Å². The lowest BCUT2D eigenvalue weighted by Crippen LogP contribution is -2.30. The molecule has 0 fully saturated rings. The van der Waals surface area contributed by atoms with Crippen molar-refractivity contribution in [1.82, 2.24) is 0 Å². The second kappa shape index (κ2) is 47.5. The summed E-state index contributed by atoms with van der Waals surface area (Å²) in [7, 11) is 0. The van der Waals surface area contributed by atoms with E-state index in [0.717, 1.165) is 89.9 Å². The second-order valence-corrected chi connectivity index (χ2v) is 15.1. The lowest BCUT2D eigenvalue weighted by molar-refractivity contribution is -0.167. The normalized spacial score (nSPS) is 13.2. The molecule has 6 heteroatoms. The molecule has 0 saturated heterocycles. The minimum Gasteiger partial charge on any atom is -0.462 e. The first kappa shape index (κ1) is 55.8. The second-order valence-electron chi connectivity index (χ2n) is 15.1. The molecule has 0 aliphatic carbocycles. The molecule has 0 N–H and O–H groups in total. The quantitative estimate of drug-likeness (QED) is 0.0201. The summed E-state index contributed by atoms with van der Waals surface area (Å²) >= 11 is 0. The SMILES string of the molecule is CC\C=C/C=C\C=C/C=C\C=C/CCCC(=O)OCC(COC(=O)CCCCCCC\C=C/C=C\C=C/C=C\CC)OC(=O)CCCCC/C=C\CCCCCCCCC. The Balaban J connectivity index is 4.58. The van der Waals surface area contributed by atoms with E-state index in [2.05, 4.69) is 63.3 Å². The third-order valence-corrected chi connectivity index (χ3v) is 9.40. The highest BCUT2D eigenvalue weighted by molar-refractivity contribution is 5.71. The summed E-state index contributed by atoms with van der Waals surface area (Å²) in [6.07, 6.45) is 64.7. The van der Waals surface area contributed by atoms with E-state index in [1.54, 1.807) is 0 Å². The molecular formula is C54H84O6.